The lowest BCUT2D eigenvalue weighted by atomic mass is 10.3. The minimum Gasteiger partial charge on any atom is -0.491 e. The summed E-state index contributed by atoms with van der Waals surface area (Å²) in [4.78, 5) is 10.7. The van der Waals surface area contributed by atoms with Crippen LogP contribution in [0.4, 0.5) is 0 Å². The highest BCUT2D eigenvalue weighted by atomic mass is 16.5. The van der Waals surface area contributed by atoms with E-state index >= 15 is 0 Å². The Balaban J connectivity index is 2.60. The van der Waals surface area contributed by atoms with Gasteiger partial charge in [0.25, 0.3) is 0 Å². The molecule has 0 fully saturated rings. The zero-order valence-corrected chi connectivity index (χ0v) is 8.77. The fourth-order valence-corrected chi connectivity index (χ4v) is 1.02. The second kappa shape index (κ2) is 5.36. The largest absolute Gasteiger partial charge is 0.491 e. The molecule has 0 amide bonds. The lowest BCUT2D eigenvalue weighted by Gasteiger charge is -2.09. The molecule has 4 nitrogen and oxygen atoms in total. The maximum Gasteiger partial charge on any atom is 0.337 e. The molecule has 0 aliphatic carbocycles. The first kappa shape index (κ1) is 11.5. The summed E-state index contributed by atoms with van der Waals surface area (Å²) in [7, 11) is 0. The molecule has 1 aromatic carbocycles. The molecule has 0 spiro atoms. The smallest absolute Gasteiger partial charge is 0.337 e. The highest BCUT2D eigenvalue weighted by molar-refractivity contribution is 5.73. The molecule has 0 saturated carbocycles. The number of benzene rings is 1. The van der Waals surface area contributed by atoms with Crippen LogP contribution in [0, 0.1) is 0 Å². The molecule has 0 bridgehead atoms. The van der Waals surface area contributed by atoms with E-state index in [4.69, 9.17) is 14.6 Å². The SMILES string of the molecule is CC(C)Oc1ccc(OC(=O)CO)cc1. The fraction of sp³-hybridized carbons (Fsp3) is 0.364. The monoisotopic (exact) mass is 210 g/mol. The molecule has 82 valence electrons. The number of carbonyl (C=O) groups is 1. The van der Waals surface area contributed by atoms with Gasteiger partial charge in [-0.25, -0.2) is 4.79 Å². The maximum absolute atomic E-state index is 10.7. The molecule has 1 N–H and O–H groups in total. The van der Waals surface area contributed by atoms with E-state index in [0.717, 1.165) is 0 Å². The first-order chi connectivity index (χ1) is 7.11. The first-order valence-corrected chi connectivity index (χ1v) is 4.70. The lowest BCUT2D eigenvalue weighted by Crippen LogP contribution is -2.12. The second-order valence-electron chi connectivity index (χ2n) is 3.27. The summed E-state index contributed by atoms with van der Waals surface area (Å²) < 4.78 is 10.2. The summed E-state index contributed by atoms with van der Waals surface area (Å²) in [6, 6.07) is 6.65. The third kappa shape index (κ3) is 3.99. The highest BCUT2D eigenvalue weighted by Gasteiger charge is 2.03. The Morgan fingerprint density at radius 1 is 1.27 bits per heavy atom. The van der Waals surface area contributed by atoms with Crippen molar-refractivity contribution in [1.29, 1.82) is 0 Å². The van der Waals surface area contributed by atoms with E-state index in [2.05, 4.69) is 0 Å². The van der Waals surface area contributed by atoms with Crippen molar-refractivity contribution in [1.82, 2.24) is 0 Å². The Morgan fingerprint density at radius 3 is 2.27 bits per heavy atom. The predicted octanol–water partition coefficient (Wildman–Crippen LogP) is 1.37. The van der Waals surface area contributed by atoms with Crippen molar-refractivity contribution in [3.05, 3.63) is 24.3 Å². The summed E-state index contributed by atoms with van der Waals surface area (Å²) in [6.45, 7) is 3.24. The van der Waals surface area contributed by atoms with E-state index in [1.54, 1.807) is 24.3 Å². The predicted molar refractivity (Wildman–Crippen MR) is 54.9 cm³/mol. The molecule has 4 heteroatoms. The zero-order valence-electron chi connectivity index (χ0n) is 8.77. The van der Waals surface area contributed by atoms with Gasteiger partial charge in [-0.3, -0.25) is 0 Å². The van der Waals surface area contributed by atoms with Crippen LogP contribution in [0.15, 0.2) is 24.3 Å². The van der Waals surface area contributed by atoms with Gasteiger partial charge in [0.2, 0.25) is 0 Å². The summed E-state index contributed by atoms with van der Waals surface area (Å²) in [5.74, 6) is 0.437. The van der Waals surface area contributed by atoms with Crippen molar-refractivity contribution in [2.75, 3.05) is 6.61 Å². The molecule has 0 aromatic heterocycles. The van der Waals surface area contributed by atoms with E-state index in [1.165, 1.54) is 0 Å². The maximum atomic E-state index is 10.7. The lowest BCUT2D eigenvalue weighted by molar-refractivity contribution is -0.137. The molecule has 0 aliphatic rings. The molecule has 0 saturated heterocycles. The second-order valence-corrected chi connectivity index (χ2v) is 3.27. The van der Waals surface area contributed by atoms with Gasteiger partial charge in [-0.1, -0.05) is 0 Å². The van der Waals surface area contributed by atoms with Crippen molar-refractivity contribution in [3.63, 3.8) is 0 Å². The van der Waals surface area contributed by atoms with Crippen LogP contribution in [0.5, 0.6) is 11.5 Å². The van der Waals surface area contributed by atoms with Gasteiger partial charge in [0.15, 0.2) is 0 Å². The Kier molecular flexibility index (Phi) is 4.12. The molecule has 1 aromatic rings. The van der Waals surface area contributed by atoms with Gasteiger partial charge in [-0.05, 0) is 38.1 Å². The summed E-state index contributed by atoms with van der Waals surface area (Å²) in [6.07, 6.45) is 0.107. The number of ether oxygens (including phenoxy) is 2. The normalized spacial score (nSPS) is 10.1. The van der Waals surface area contributed by atoms with Gasteiger partial charge in [0.1, 0.15) is 18.1 Å². The molecular weight excluding hydrogens is 196 g/mol. The average Bonchev–Trinajstić information content (AvgIpc) is 2.20. The molecule has 0 aliphatic heterocycles. The van der Waals surface area contributed by atoms with Crippen molar-refractivity contribution in [2.45, 2.75) is 20.0 Å². The number of rotatable bonds is 4. The van der Waals surface area contributed by atoms with Gasteiger partial charge < -0.3 is 14.6 Å². The fourth-order valence-electron chi connectivity index (χ4n) is 1.02. The number of hydrogen-bond donors (Lipinski definition) is 1. The van der Waals surface area contributed by atoms with E-state index < -0.39 is 12.6 Å². The minimum absolute atomic E-state index is 0.107. The topological polar surface area (TPSA) is 55.8 Å². The molecule has 0 heterocycles. The summed E-state index contributed by atoms with van der Waals surface area (Å²) in [5, 5.41) is 8.47. The van der Waals surface area contributed by atoms with Gasteiger partial charge in [-0.15, -0.1) is 0 Å². The van der Waals surface area contributed by atoms with Crippen LogP contribution in [0.2, 0.25) is 0 Å². The third-order valence-corrected chi connectivity index (χ3v) is 1.56. The van der Waals surface area contributed by atoms with Crippen LogP contribution >= 0.6 is 0 Å². The molecule has 15 heavy (non-hydrogen) atoms. The molecular formula is C11H14O4. The Bertz CT molecular complexity index is 316. The van der Waals surface area contributed by atoms with Gasteiger partial charge >= 0.3 is 5.97 Å². The van der Waals surface area contributed by atoms with Crippen molar-refractivity contribution in [2.24, 2.45) is 0 Å². The van der Waals surface area contributed by atoms with Crippen molar-refractivity contribution >= 4 is 5.97 Å². The highest BCUT2D eigenvalue weighted by Crippen LogP contribution is 2.18. The van der Waals surface area contributed by atoms with Crippen LogP contribution in [0.3, 0.4) is 0 Å². The molecule has 0 atom stereocenters. The van der Waals surface area contributed by atoms with Crippen molar-refractivity contribution in [3.8, 4) is 11.5 Å². The van der Waals surface area contributed by atoms with Crippen LogP contribution in [0.25, 0.3) is 0 Å². The first-order valence-electron chi connectivity index (χ1n) is 4.70. The number of hydrogen-bond acceptors (Lipinski definition) is 4. The summed E-state index contributed by atoms with van der Waals surface area (Å²) in [5.41, 5.74) is 0. The van der Waals surface area contributed by atoms with E-state index in [9.17, 15) is 4.79 Å². The molecule has 0 unspecified atom stereocenters. The molecule has 0 radical (unpaired) electrons. The zero-order chi connectivity index (χ0) is 11.3. The van der Waals surface area contributed by atoms with Crippen LogP contribution in [-0.4, -0.2) is 23.8 Å². The van der Waals surface area contributed by atoms with Crippen LogP contribution < -0.4 is 9.47 Å². The van der Waals surface area contributed by atoms with Crippen LogP contribution in [-0.2, 0) is 4.79 Å². The van der Waals surface area contributed by atoms with E-state index in [0.29, 0.717) is 11.5 Å². The number of carbonyl (C=O) groups excluding carboxylic acids is 1. The average molecular weight is 210 g/mol. The Morgan fingerprint density at radius 2 is 1.80 bits per heavy atom. The Labute approximate surface area is 88.4 Å². The summed E-state index contributed by atoms with van der Waals surface area (Å²) >= 11 is 0. The number of aliphatic hydroxyl groups excluding tert-OH is 1. The number of aliphatic hydroxyl groups is 1. The van der Waals surface area contributed by atoms with Gasteiger partial charge in [-0.2, -0.15) is 0 Å². The van der Waals surface area contributed by atoms with E-state index in [-0.39, 0.29) is 6.10 Å². The standard InChI is InChI=1S/C11H14O4/c1-8(2)14-9-3-5-10(6-4-9)15-11(13)7-12/h3-6,8,12H,7H2,1-2H3. The Hall–Kier alpha value is -1.55. The van der Waals surface area contributed by atoms with Gasteiger partial charge in [0, 0.05) is 0 Å². The number of esters is 1. The quantitative estimate of drug-likeness (QED) is 0.602. The molecule has 1 rings (SSSR count). The van der Waals surface area contributed by atoms with Crippen LogP contribution in [0.1, 0.15) is 13.8 Å². The van der Waals surface area contributed by atoms with E-state index in [1.807, 2.05) is 13.8 Å². The minimum atomic E-state index is -0.674. The van der Waals surface area contributed by atoms with Gasteiger partial charge in [0.05, 0.1) is 6.10 Å². The third-order valence-electron chi connectivity index (χ3n) is 1.56. The van der Waals surface area contributed by atoms with Crippen molar-refractivity contribution < 1.29 is 19.4 Å².